The largest absolute Gasteiger partial charge is 0.508 e. The van der Waals surface area contributed by atoms with Crippen molar-refractivity contribution in [2.45, 2.75) is 6.92 Å². The monoisotopic (exact) mass is 301 g/mol. The molecular formula is C16H12ClNO3. The summed E-state index contributed by atoms with van der Waals surface area (Å²) in [4.78, 5) is 0. The number of rotatable bonds is 2. The van der Waals surface area contributed by atoms with E-state index in [1.807, 2.05) is 19.1 Å². The van der Waals surface area contributed by atoms with E-state index in [2.05, 4.69) is 5.16 Å². The van der Waals surface area contributed by atoms with E-state index in [4.69, 9.17) is 16.1 Å². The number of halogens is 1. The molecule has 1 heterocycles. The summed E-state index contributed by atoms with van der Waals surface area (Å²) in [6.07, 6.45) is 0. The van der Waals surface area contributed by atoms with E-state index in [0.717, 1.165) is 11.1 Å². The van der Waals surface area contributed by atoms with Crippen LogP contribution in [0.15, 0.2) is 47.0 Å². The lowest BCUT2D eigenvalue weighted by Gasteiger charge is -2.05. The second-order valence-electron chi connectivity index (χ2n) is 4.68. The van der Waals surface area contributed by atoms with Gasteiger partial charge < -0.3 is 14.7 Å². The van der Waals surface area contributed by atoms with Gasteiger partial charge in [0.15, 0.2) is 5.76 Å². The summed E-state index contributed by atoms with van der Waals surface area (Å²) in [6, 6.07) is 11.6. The van der Waals surface area contributed by atoms with E-state index in [0.29, 0.717) is 22.0 Å². The fourth-order valence-corrected chi connectivity index (χ4v) is 2.35. The zero-order valence-electron chi connectivity index (χ0n) is 11.2. The van der Waals surface area contributed by atoms with Crippen molar-refractivity contribution in [3.63, 3.8) is 0 Å². The van der Waals surface area contributed by atoms with Gasteiger partial charge in [-0.15, -0.1) is 0 Å². The van der Waals surface area contributed by atoms with Gasteiger partial charge in [0.25, 0.3) is 0 Å². The van der Waals surface area contributed by atoms with Gasteiger partial charge in [0.1, 0.15) is 11.5 Å². The molecule has 3 aromatic rings. The van der Waals surface area contributed by atoms with Crippen molar-refractivity contribution in [1.29, 1.82) is 0 Å². The average Bonchev–Trinajstić information content (AvgIpc) is 2.82. The van der Waals surface area contributed by atoms with Crippen LogP contribution in [0, 0.1) is 6.92 Å². The molecule has 0 amide bonds. The number of aromatic hydroxyl groups is 2. The maximum Gasteiger partial charge on any atom is 0.178 e. The summed E-state index contributed by atoms with van der Waals surface area (Å²) in [6.45, 7) is 1.83. The third-order valence-electron chi connectivity index (χ3n) is 3.22. The highest BCUT2D eigenvalue weighted by molar-refractivity contribution is 6.30. The maximum absolute atomic E-state index is 10.0. The molecule has 0 saturated carbocycles. The fourth-order valence-electron chi connectivity index (χ4n) is 2.22. The highest BCUT2D eigenvalue weighted by atomic mass is 35.5. The molecule has 3 rings (SSSR count). The van der Waals surface area contributed by atoms with Crippen LogP contribution in [0.3, 0.4) is 0 Å². The van der Waals surface area contributed by atoms with Crippen LogP contribution < -0.4 is 0 Å². The minimum absolute atomic E-state index is 0.0134. The van der Waals surface area contributed by atoms with Gasteiger partial charge in [0, 0.05) is 11.1 Å². The van der Waals surface area contributed by atoms with Crippen molar-refractivity contribution in [1.82, 2.24) is 5.16 Å². The molecule has 4 nitrogen and oxygen atoms in total. The number of aromatic nitrogens is 1. The van der Waals surface area contributed by atoms with Crippen LogP contribution in [0.5, 0.6) is 11.5 Å². The molecule has 21 heavy (non-hydrogen) atoms. The van der Waals surface area contributed by atoms with Crippen molar-refractivity contribution in [3.05, 3.63) is 53.2 Å². The molecule has 5 heteroatoms. The standard InChI is InChI=1S/C16H12ClNO3/c1-9-15(10-2-4-11(17)5-3-10)16(21-18-9)13-7-6-12(19)8-14(13)20/h2-8,19-20H,1H3. The lowest BCUT2D eigenvalue weighted by Crippen LogP contribution is -1.84. The van der Waals surface area contributed by atoms with Gasteiger partial charge in [-0.25, -0.2) is 0 Å². The molecule has 0 aliphatic carbocycles. The lowest BCUT2D eigenvalue weighted by molar-refractivity contribution is 0.420. The minimum atomic E-state index is -0.0682. The van der Waals surface area contributed by atoms with E-state index in [1.165, 1.54) is 12.1 Å². The van der Waals surface area contributed by atoms with E-state index in [1.54, 1.807) is 18.2 Å². The third kappa shape index (κ3) is 2.45. The van der Waals surface area contributed by atoms with Gasteiger partial charge in [-0.3, -0.25) is 0 Å². The number of hydrogen-bond acceptors (Lipinski definition) is 4. The van der Waals surface area contributed by atoms with Gasteiger partial charge in [0.05, 0.1) is 16.8 Å². The first-order chi connectivity index (χ1) is 10.1. The normalized spacial score (nSPS) is 10.8. The topological polar surface area (TPSA) is 66.5 Å². The van der Waals surface area contributed by atoms with Crippen molar-refractivity contribution < 1.29 is 14.7 Å². The summed E-state index contributed by atoms with van der Waals surface area (Å²) in [5, 5.41) is 24.0. The van der Waals surface area contributed by atoms with Gasteiger partial charge >= 0.3 is 0 Å². The van der Waals surface area contributed by atoms with Gasteiger partial charge in [-0.05, 0) is 36.8 Å². The van der Waals surface area contributed by atoms with Crippen LogP contribution in [0.1, 0.15) is 5.69 Å². The van der Waals surface area contributed by atoms with E-state index in [-0.39, 0.29) is 11.5 Å². The Bertz CT molecular complexity index is 794. The predicted octanol–water partition coefficient (Wildman–Crippen LogP) is 4.38. The van der Waals surface area contributed by atoms with Crippen LogP contribution >= 0.6 is 11.6 Å². The Morgan fingerprint density at radius 2 is 1.76 bits per heavy atom. The van der Waals surface area contributed by atoms with Gasteiger partial charge in [-0.1, -0.05) is 28.9 Å². The van der Waals surface area contributed by atoms with E-state index < -0.39 is 0 Å². The molecule has 0 aliphatic heterocycles. The van der Waals surface area contributed by atoms with Crippen molar-refractivity contribution in [2.24, 2.45) is 0 Å². The van der Waals surface area contributed by atoms with Gasteiger partial charge in [0.2, 0.25) is 0 Å². The summed E-state index contributed by atoms with van der Waals surface area (Å²) < 4.78 is 5.36. The summed E-state index contributed by atoms with van der Waals surface area (Å²) in [5.41, 5.74) is 2.85. The fraction of sp³-hybridized carbons (Fsp3) is 0.0625. The van der Waals surface area contributed by atoms with Crippen LogP contribution in [0.25, 0.3) is 22.5 Å². The Balaban J connectivity index is 2.19. The van der Waals surface area contributed by atoms with Crippen molar-refractivity contribution in [3.8, 4) is 33.9 Å². The zero-order chi connectivity index (χ0) is 15.0. The molecule has 106 valence electrons. The Morgan fingerprint density at radius 1 is 1.05 bits per heavy atom. The Kier molecular flexibility index (Phi) is 3.31. The molecule has 0 saturated heterocycles. The molecule has 0 radical (unpaired) electrons. The second-order valence-corrected chi connectivity index (χ2v) is 5.12. The number of aryl methyl sites for hydroxylation is 1. The van der Waals surface area contributed by atoms with Crippen LogP contribution in [-0.4, -0.2) is 15.4 Å². The number of nitrogens with zero attached hydrogens (tertiary/aromatic N) is 1. The smallest absolute Gasteiger partial charge is 0.178 e. The first kappa shape index (κ1) is 13.5. The molecule has 1 aromatic heterocycles. The highest BCUT2D eigenvalue weighted by Crippen LogP contribution is 2.40. The molecule has 0 spiro atoms. The van der Waals surface area contributed by atoms with Crippen LogP contribution in [0.2, 0.25) is 5.02 Å². The maximum atomic E-state index is 10.0. The second kappa shape index (κ2) is 5.14. The van der Waals surface area contributed by atoms with Crippen molar-refractivity contribution in [2.75, 3.05) is 0 Å². The molecule has 0 fully saturated rings. The minimum Gasteiger partial charge on any atom is -0.508 e. The zero-order valence-corrected chi connectivity index (χ0v) is 11.9. The predicted molar refractivity (Wildman–Crippen MR) is 80.5 cm³/mol. The van der Waals surface area contributed by atoms with Crippen molar-refractivity contribution >= 4 is 11.6 Å². The molecule has 0 unspecified atom stereocenters. The number of hydrogen-bond donors (Lipinski definition) is 2. The van der Waals surface area contributed by atoms with E-state index in [9.17, 15) is 10.2 Å². The van der Waals surface area contributed by atoms with Crippen LogP contribution in [0.4, 0.5) is 0 Å². The molecule has 2 aromatic carbocycles. The third-order valence-corrected chi connectivity index (χ3v) is 3.47. The summed E-state index contributed by atoms with van der Waals surface area (Å²) in [7, 11) is 0. The quantitative estimate of drug-likeness (QED) is 0.737. The number of benzene rings is 2. The average molecular weight is 302 g/mol. The molecule has 0 atom stereocenters. The first-order valence-electron chi connectivity index (χ1n) is 6.31. The Morgan fingerprint density at radius 3 is 2.43 bits per heavy atom. The lowest BCUT2D eigenvalue weighted by atomic mass is 9.99. The highest BCUT2D eigenvalue weighted by Gasteiger charge is 2.19. The molecule has 0 bridgehead atoms. The summed E-state index contributed by atoms with van der Waals surface area (Å²) >= 11 is 5.91. The number of phenolic OH excluding ortho intramolecular Hbond substituents is 2. The summed E-state index contributed by atoms with van der Waals surface area (Å²) in [5.74, 6) is 0.370. The van der Waals surface area contributed by atoms with E-state index >= 15 is 0 Å². The Labute approximate surface area is 126 Å². The van der Waals surface area contributed by atoms with Crippen LogP contribution in [-0.2, 0) is 0 Å². The SMILES string of the molecule is Cc1noc(-c2ccc(O)cc2O)c1-c1ccc(Cl)cc1. The molecule has 2 N–H and O–H groups in total. The first-order valence-corrected chi connectivity index (χ1v) is 6.68. The molecular weight excluding hydrogens is 290 g/mol. The Hall–Kier alpha value is -2.46. The van der Waals surface area contributed by atoms with Gasteiger partial charge in [-0.2, -0.15) is 0 Å². The molecule has 0 aliphatic rings. The number of phenols is 2.